The van der Waals surface area contributed by atoms with Gasteiger partial charge in [-0.25, -0.2) is 13.8 Å². The lowest BCUT2D eigenvalue weighted by atomic mass is 10.2. The van der Waals surface area contributed by atoms with Gasteiger partial charge in [-0.2, -0.15) is 4.98 Å². The zero-order valence-electron chi connectivity index (χ0n) is 10.0. The summed E-state index contributed by atoms with van der Waals surface area (Å²) >= 11 is 5.60. The van der Waals surface area contributed by atoms with Crippen molar-refractivity contribution in [2.75, 3.05) is 5.32 Å². The van der Waals surface area contributed by atoms with Crippen molar-refractivity contribution in [1.82, 2.24) is 9.97 Å². The minimum absolute atomic E-state index is 0.0140. The van der Waals surface area contributed by atoms with E-state index in [1.807, 2.05) is 0 Å². The zero-order chi connectivity index (χ0) is 14.7. The Bertz CT molecular complexity index is 646. The number of rotatable bonds is 4. The van der Waals surface area contributed by atoms with Crippen molar-refractivity contribution < 1.29 is 13.6 Å². The first kappa shape index (κ1) is 14.1. The maximum absolute atomic E-state index is 13.5. The highest BCUT2D eigenvalue weighted by molar-refractivity contribution is 6.28. The number of primary amides is 1. The van der Waals surface area contributed by atoms with Crippen LogP contribution in [0.15, 0.2) is 24.4 Å². The second-order valence-electron chi connectivity index (χ2n) is 3.82. The van der Waals surface area contributed by atoms with Crippen LogP contribution in [0.1, 0.15) is 15.9 Å². The van der Waals surface area contributed by atoms with Crippen molar-refractivity contribution in [2.45, 2.75) is 6.54 Å². The summed E-state index contributed by atoms with van der Waals surface area (Å²) in [6.45, 7) is -0.216. The SMILES string of the molecule is NC(=O)c1cnc(Cl)nc1NCc1c(F)cccc1F. The highest BCUT2D eigenvalue weighted by Gasteiger charge is 2.13. The van der Waals surface area contributed by atoms with Crippen LogP contribution in [0.25, 0.3) is 0 Å². The predicted octanol–water partition coefficient (Wildman–Crippen LogP) is 2.12. The quantitative estimate of drug-likeness (QED) is 0.847. The molecule has 0 aliphatic rings. The Labute approximate surface area is 117 Å². The van der Waals surface area contributed by atoms with Crippen LogP contribution in [0.3, 0.4) is 0 Å². The summed E-state index contributed by atoms with van der Waals surface area (Å²) in [5, 5.41) is 2.50. The average Bonchev–Trinajstić information content (AvgIpc) is 2.37. The largest absolute Gasteiger partial charge is 0.365 e. The molecule has 20 heavy (non-hydrogen) atoms. The van der Waals surface area contributed by atoms with Crippen LogP contribution in [0, 0.1) is 11.6 Å². The number of nitrogens with one attached hydrogen (secondary N) is 1. The Morgan fingerprint density at radius 2 is 2.00 bits per heavy atom. The molecule has 2 rings (SSSR count). The summed E-state index contributed by atoms with van der Waals surface area (Å²) in [4.78, 5) is 18.6. The molecule has 1 aromatic carbocycles. The van der Waals surface area contributed by atoms with E-state index in [1.165, 1.54) is 6.07 Å². The summed E-state index contributed by atoms with van der Waals surface area (Å²) in [6.07, 6.45) is 1.14. The van der Waals surface area contributed by atoms with Gasteiger partial charge >= 0.3 is 0 Å². The third-order valence-electron chi connectivity index (χ3n) is 2.52. The van der Waals surface area contributed by atoms with Gasteiger partial charge in [0.25, 0.3) is 5.91 Å². The van der Waals surface area contributed by atoms with E-state index >= 15 is 0 Å². The standard InChI is InChI=1S/C12H9ClF2N4O/c13-12-18-5-7(10(16)20)11(19-12)17-4-6-8(14)2-1-3-9(6)15/h1-3,5H,4H2,(H2,16,20)(H,17,18,19). The Balaban J connectivity index is 2.27. The molecule has 0 aliphatic heterocycles. The van der Waals surface area contributed by atoms with Crippen molar-refractivity contribution in [3.63, 3.8) is 0 Å². The molecule has 0 spiro atoms. The summed E-state index contributed by atoms with van der Waals surface area (Å²) in [5.74, 6) is -2.19. The smallest absolute Gasteiger partial charge is 0.254 e. The number of benzene rings is 1. The number of hydrogen-bond acceptors (Lipinski definition) is 4. The lowest BCUT2D eigenvalue weighted by Gasteiger charge is -2.10. The van der Waals surface area contributed by atoms with Crippen molar-refractivity contribution >= 4 is 23.3 Å². The molecule has 0 unspecified atom stereocenters. The first-order valence-electron chi connectivity index (χ1n) is 5.48. The third kappa shape index (κ3) is 3.00. The molecular formula is C12H9ClF2N4O. The molecule has 2 aromatic rings. The molecular weight excluding hydrogens is 290 g/mol. The Hall–Kier alpha value is -2.28. The number of nitrogens with zero attached hydrogens (tertiary/aromatic N) is 2. The predicted molar refractivity (Wildman–Crippen MR) is 69.2 cm³/mol. The minimum atomic E-state index is -0.779. The average molecular weight is 299 g/mol. The van der Waals surface area contributed by atoms with E-state index in [9.17, 15) is 13.6 Å². The van der Waals surface area contributed by atoms with Crippen molar-refractivity contribution in [3.8, 4) is 0 Å². The Morgan fingerprint density at radius 1 is 1.35 bits per heavy atom. The van der Waals surface area contributed by atoms with Crippen LogP contribution < -0.4 is 11.1 Å². The fourth-order valence-electron chi connectivity index (χ4n) is 1.55. The van der Waals surface area contributed by atoms with E-state index < -0.39 is 17.5 Å². The highest BCUT2D eigenvalue weighted by atomic mass is 35.5. The molecule has 3 N–H and O–H groups in total. The molecule has 1 heterocycles. The van der Waals surface area contributed by atoms with Gasteiger partial charge in [0.15, 0.2) is 0 Å². The van der Waals surface area contributed by atoms with Crippen molar-refractivity contribution in [1.29, 1.82) is 0 Å². The normalized spacial score (nSPS) is 10.3. The van der Waals surface area contributed by atoms with Crippen LogP contribution in [0.2, 0.25) is 5.28 Å². The summed E-state index contributed by atoms with van der Waals surface area (Å²) < 4.78 is 26.9. The van der Waals surface area contributed by atoms with Gasteiger partial charge in [0.2, 0.25) is 5.28 Å². The van der Waals surface area contributed by atoms with Crippen LogP contribution >= 0.6 is 11.6 Å². The second kappa shape index (κ2) is 5.79. The van der Waals surface area contributed by atoms with Crippen molar-refractivity contribution in [2.24, 2.45) is 5.73 Å². The summed E-state index contributed by atoms with van der Waals surface area (Å²) in [6, 6.07) is 3.51. The van der Waals surface area contributed by atoms with Crippen LogP contribution in [-0.4, -0.2) is 15.9 Å². The Morgan fingerprint density at radius 3 is 2.60 bits per heavy atom. The number of aromatic nitrogens is 2. The van der Waals surface area contributed by atoms with E-state index in [0.717, 1.165) is 18.3 Å². The molecule has 0 aliphatic carbocycles. The van der Waals surface area contributed by atoms with E-state index in [4.69, 9.17) is 17.3 Å². The zero-order valence-corrected chi connectivity index (χ0v) is 10.8. The number of carbonyl (C=O) groups excluding carboxylic acids is 1. The molecule has 1 amide bonds. The number of amides is 1. The molecule has 5 nitrogen and oxygen atoms in total. The van der Waals surface area contributed by atoms with Gasteiger partial charge in [-0.15, -0.1) is 0 Å². The fourth-order valence-corrected chi connectivity index (χ4v) is 1.68. The van der Waals surface area contributed by atoms with Crippen molar-refractivity contribution in [3.05, 3.63) is 52.4 Å². The highest BCUT2D eigenvalue weighted by Crippen LogP contribution is 2.17. The first-order chi connectivity index (χ1) is 9.49. The summed E-state index contributed by atoms with van der Waals surface area (Å²) in [5.41, 5.74) is 4.94. The van der Waals surface area contributed by atoms with Gasteiger partial charge in [-0.3, -0.25) is 4.79 Å². The number of nitrogens with two attached hydrogens (primary N) is 1. The second-order valence-corrected chi connectivity index (χ2v) is 4.16. The minimum Gasteiger partial charge on any atom is -0.365 e. The monoisotopic (exact) mass is 298 g/mol. The van der Waals surface area contributed by atoms with Crippen LogP contribution in [0.5, 0.6) is 0 Å². The number of carbonyl (C=O) groups is 1. The third-order valence-corrected chi connectivity index (χ3v) is 2.70. The lowest BCUT2D eigenvalue weighted by Crippen LogP contribution is -2.16. The van der Waals surface area contributed by atoms with Gasteiger partial charge in [0.05, 0.1) is 5.56 Å². The molecule has 0 saturated carbocycles. The van der Waals surface area contributed by atoms with E-state index in [0.29, 0.717) is 0 Å². The maximum Gasteiger partial charge on any atom is 0.254 e. The first-order valence-corrected chi connectivity index (χ1v) is 5.86. The lowest BCUT2D eigenvalue weighted by molar-refractivity contribution is 0.100. The topological polar surface area (TPSA) is 80.9 Å². The number of hydrogen-bond donors (Lipinski definition) is 2. The summed E-state index contributed by atoms with van der Waals surface area (Å²) in [7, 11) is 0. The number of halogens is 3. The molecule has 1 aromatic heterocycles. The van der Waals surface area contributed by atoms with Crippen LogP contribution in [0.4, 0.5) is 14.6 Å². The molecule has 0 fully saturated rings. The molecule has 0 atom stereocenters. The maximum atomic E-state index is 13.5. The van der Waals surface area contributed by atoms with Gasteiger partial charge < -0.3 is 11.1 Å². The molecule has 0 radical (unpaired) electrons. The number of anilines is 1. The molecule has 0 bridgehead atoms. The molecule has 0 saturated heterocycles. The van der Waals surface area contributed by atoms with Crippen LogP contribution in [-0.2, 0) is 6.54 Å². The van der Waals surface area contributed by atoms with Gasteiger partial charge in [0.1, 0.15) is 17.5 Å². The Kier molecular flexibility index (Phi) is 4.09. The van der Waals surface area contributed by atoms with Gasteiger partial charge in [0, 0.05) is 18.3 Å². The molecule has 104 valence electrons. The van der Waals surface area contributed by atoms with Gasteiger partial charge in [-0.1, -0.05) is 6.07 Å². The fraction of sp³-hybridized carbons (Fsp3) is 0.0833. The van der Waals surface area contributed by atoms with E-state index in [1.54, 1.807) is 0 Å². The molecule has 8 heteroatoms. The van der Waals surface area contributed by atoms with Gasteiger partial charge in [-0.05, 0) is 23.7 Å². The van der Waals surface area contributed by atoms with E-state index in [-0.39, 0.29) is 28.8 Å². The van der Waals surface area contributed by atoms with E-state index in [2.05, 4.69) is 15.3 Å².